The van der Waals surface area contributed by atoms with Crippen LogP contribution in [0.2, 0.25) is 5.02 Å². The van der Waals surface area contributed by atoms with Crippen molar-refractivity contribution in [2.75, 3.05) is 31.0 Å². The maximum Gasteiger partial charge on any atom is 0.409 e. The number of fused-ring (bicyclic) bond motifs is 1. The predicted molar refractivity (Wildman–Crippen MR) is 125 cm³/mol. The number of anilines is 1. The molecule has 2 aliphatic heterocycles. The van der Waals surface area contributed by atoms with Crippen molar-refractivity contribution in [2.24, 2.45) is 0 Å². The molecule has 2 aliphatic rings. The molecule has 176 valence electrons. The highest BCUT2D eigenvalue weighted by atomic mass is 35.5. The van der Waals surface area contributed by atoms with Crippen molar-refractivity contribution in [3.05, 3.63) is 58.6 Å². The van der Waals surface area contributed by atoms with Gasteiger partial charge in [0.05, 0.1) is 28.3 Å². The van der Waals surface area contributed by atoms with E-state index in [9.17, 15) is 18.0 Å². The lowest BCUT2D eigenvalue weighted by molar-refractivity contribution is 0.0892. The number of nitrogens with zero attached hydrogens (tertiary/aromatic N) is 2. The predicted octanol–water partition coefficient (Wildman–Crippen LogP) is 3.44. The number of amides is 2. The Morgan fingerprint density at radius 3 is 2.55 bits per heavy atom. The third-order valence-corrected chi connectivity index (χ3v) is 8.24. The van der Waals surface area contributed by atoms with Gasteiger partial charge >= 0.3 is 6.09 Å². The Hall–Kier alpha value is -2.78. The van der Waals surface area contributed by atoms with Crippen LogP contribution in [0.1, 0.15) is 35.2 Å². The van der Waals surface area contributed by atoms with Gasteiger partial charge in [-0.15, -0.1) is 0 Å². The van der Waals surface area contributed by atoms with E-state index in [2.05, 4.69) is 5.32 Å². The second kappa shape index (κ2) is 9.61. The van der Waals surface area contributed by atoms with Crippen molar-refractivity contribution in [3.63, 3.8) is 0 Å². The molecule has 0 spiro atoms. The van der Waals surface area contributed by atoms with Gasteiger partial charge in [-0.2, -0.15) is 0 Å². The van der Waals surface area contributed by atoms with Gasteiger partial charge in [0.25, 0.3) is 15.9 Å². The molecule has 1 N–H and O–H groups in total. The number of rotatable bonds is 4. The van der Waals surface area contributed by atoms with Crippen molar-refractivity contribution in [2.45, 2.75) is 36.6 Å². The highest BCUT2D eigenvalue weighted by molar-refractivity contribution is 7.92. The Balaban J connectivity index is 1.53. The first-order chi connectivity index (χ1) is 15.8. The molecule has 0 atom stereocenters. The van der Waals surface area contributed by atoms with Crippen LogP contribution in [-0.4, -0.2) is 58.1 Å². The summed E-state index contributed by atoms with van der Waals surface area (Å²) < 4.78 is 33.0. The molecule has 10 heteroatoms. The first-order valence-corrected chi connectivity index (χ1v) is 12.7. The fraction of sp³-hybridized carbons (Fsp3) is 0.391. The SMILES string of the molecule is COC(=O)N1CCC(NC(=O)c2cc(S(=O)(=O)N3CCCc4ccccc43)ccc2Cl)CC1. The second-order valence-electron chi connectivity index (χ2n) is 8.16. The Kier molecular flexibility index (Phi) is 6.81. The molecule has 33 heavy (non-hydrogen) atoms. The fourth-order valence-corrected chi connectivity index (χ4v) is 6.08. The third kappa shape index (κ3) is 4.79. The minimum atomic E-state index is -3.86. The monoisotopic (exact) mass is 491 g/mol. The summed E-state index contributed by atoms with van der Waals surface area (Å²) in [7, 11) is -2.53. The Bertz CT molecular complexity index is 1160. The molecule has 0 saturated carbocycles. The summed E-state index contributed by atoms with van der Waals surface area (Å²) in [6.45, 7) is 1.31. The number of hydrogen-bond donors (Lipinski definition) is 1. The molecule has 0 aromatic heterocycles. The zero-order chi connectivity index (χ0) is 23.6. The zero-order valence-corrected chi connectivity index (χ0v) is 19.9. The molecule has 2 amide bonds. The Morgan fingerprint density at radius 1 is 1.09 bits per heavy atom. The second-order valence-corrected chi connectivity index (χ2v) is 10.4. The number of benzene rings is 2. The molecule has 0 unspecified atom stereocenters. The number of nitrogens with one attached hydrogen (secondary N) is 1. The number of sulfonamides is 1. The van der Waals surface area contributed by atoms with Crippen LogP contribution >= 0.6 is 11.6 Å². The number of aryl methyl sites for hydroxylation is 1. The first-order valence-electron chi connectivity index (χ1n) is 10.8. The van der Waals surface area contributed by atoms with Gasteiger partial charge in [0, 0.05) is 25.7 Å². The molecule has 1 fully saturated rings. The van der Waals surface area contributed by atoms with E-state index in [1.165, 1.54) is 29.6 Å². The number of carbonyl (C=O) groups is 2. The van der Waals surface area contributed by atoms with Crippen LogP contribution in [0, 0.1) is 0 Å². The maximum atomic E-state index is 13.5. The van der Waals surface area contributed by atoms with Gasteiger partial charge in [-0.25, -0.2) is 13.2 Å². The summed E-state index contributed by atoms with van der Waals surface area (Å²) in [6.07, 6.45) is 2.30. The molecule has 4 rings (SSSR count). The number of hydrogen-bond acceptors (Lipinski definition) is 5. The minimum absolute atomic E-state index is 0.0225. The van der Waals surface area contributed by atoms with Crippen LogP contribution in [-0.2, 0) is 21.2 Å². The molecule has 2 heterocycles. The van der Waals surface area contributed by atoms with Crippen molar-refractivity contribution in [1.29, 1.82) is 0 Å². The molecule has 2 aromatic carbocycles. The summed E-state index contributed by atoms with van der Waals surface area (Å²) in [5.41, 5.74) is 1.76. The number of para-hydroxylation sites is 1. The van der Waals surface area contributed by atoms with E-state index >= 15 is 0 Å². The van der Waals surface area contributed by atoms with Crippen molar-refractivity contribution >= 4 is 39.3 Å². The van der Waals surface area contributed by atoms with Gasteiger partial charge in [-0.05, 0) is 55.5 Å². The first kappa shape index (κ1) is 23.4. The van der Waals surface area contributed by atoms with E-state index in [1.54, 1.807) is 11.0 Å². The van der Waals surface area contributed by atoms with Gasteiger partial charge in [0.2, 0.25) is 0 Å². The van der Waals surface area contributed by atoms with E-state index in [1.807, 2.05) is 18.2 Å². The van der Waals surface area contributed by atoms with E-state index in [0.29, 0.717) is 38.2 Å². The Morgan fingerprint density at radius 2 is 1.82 bits per heavy atom. The van der Waals surface area contributed by atoms with E-state index in [0.717, 1.165) is 18.4 Å². The van der Waals surface area contributed by atoms with Crippen LogP contribution in [0.3, 0.4) is 0 Å². The standard InChI is InChI=1S/C23H26ClN3O5S/c1-32-23(29)26-13-10-17(11-14-26)25-22(28)19-15-18(8-9-20(19)24)33(30,31)27-12-4-6-16-5-2-3-7-21(16)27/h2-3,5,7-9,15,17H,4,6,10-14H2,1H3,(H,25,28). The minimum Gasteiger partial charge on any atom is -0.453 e. The van der Waals surface area contributed by atoms with Crippen LogP contribution in [0.5, 0.6) is 0 Å². The lowest BCUT2D eigenvalue weighted by atomic mass is 10.0. The molecule has 2 aromatic rings. The third-order valence-electron chi connectivity index (χ3n) is 6.10. The summed E-state index contributed by atoms with van der Waals surface area (Å²) in [4.78, 5) is 26.2. The topological polar surface area (TPSA) is 96.0 Å². The normalized spacial score (nSPS) is 16.8. The van der Waals surface area contributed by atoms with E-state index < -0.39 is 15.9 Å². The number of halogens is 1. The fourth-order valence-electron chi connectivity index (χ4n) is 4.31. The average Bonchev–Trinajstić information content (AvgIpc) is 2.83. The highest BCUT2D eigenvalue weighted by Gasteiger charge is 2.30. The van der Waals surface area contributed by atoms with Crippen LogP contribution in [0.4, 0.5) is 10.5 Å². The summed E-state index contributed by atoms with van der Waals surface area (Å²) in [5.74, 6) is -0.437. The van der Waals surface area contributed by atoms with Crippen molar-refractivity contribution in [1.82, 2.24) is 10.2 Å². The van der Waals surface area contributed by atoms with Gasteiger partial charge in [0.1, 0.15) is 0 Å². The number of likely N-dealkylation sites (tertiary alicyclic amines) is 1. The molecule has 1 saturated heterocycles. The zero-order valence-electron chi connectivity index (χ0n) is 18.3. The molecular weight excluding hydrogens is 466 g/mol. The number of methoxy groups -OCH3 is 1. The van der Waals surface area contributed by atoms with E-state index in [4.69, 9.17) is 16.3 Å². The quantitative estimate of drug-likeness (QED) is 0.706. The summed E-state index contributed by atoms with van der Waals surface area (Å²) in [6, 6.07) is 11.5. The molecule has 0 aliphatic carbocycles. The molecule has 8 nitrogen and oxygen atoms in total. The highest BCUT2D eigenvalue weighted by Crippen LogP contribution is 2.33. The molecule has 0 radical (unpaired) electrons. The largest absolute Gasteiger partial charge is 0.453 e. The number of piperidine rings is 1. The van der Waals surface area contributed by atoms with Crippen molar-refractivity contribution in [3.8, 4) is 0 Å². The van der Waals surface area contributed by atoms with Crippen LogP contribution in [0.15, 0.2) is 47.4 Å². The summed E-state index contributed by atoms with van der Waals surface area (Å²) >= 11 is 6.27. The lowest BCUT2D eigenvalue weighted by Gasteiger charge is -2.31. The van der Waals surface area contributed by atoms with Gasteiger partial charge in [0.15, 0.2) is 0 Å². The van der Waals surface area contributed by atoms with Crippen LogP contribution < -0.4 is 9.62 Å². The molecular formula is C23H26ClN3O5S. The number of carbonyl (C=O) groups excluding carboxylic acids is 2. The van der Waals surface area contributed by atoms with Gasteiger partial charge in [-0.3, -0.25) is 9.10 Å². The van der Waals surface area contributed by atoms with Gasteiger partial charge < -0.3 is 15.0 Å². The van der Waals surface area contributed by atoms with Gasteiger partial charge in [-0.1, -0.05) is 29.8 Å². The Labute approximate surface area is 198 Å². The average molecular weight is 492 g/mol. The molecule has 0 bridgehead atoms. The summed E-state index contributed by atoms with van der Waals surface area (Å²) in [5, 5.41) is 3.09. The van der Waals surface area contributed by atoms with Crippen LogP contribution in [0.25, 0.3) is 0 Å². The van der Waals surface area contributed by atoms with E-state index in [-0.39, 0.29) is 27.6 Å². The lowest BCUT2D eigenvalue weighted by Crippen LogP contribution is -2.46. The van der Waals surface area contributed by atoms with Crippen molar-refractivity contribution < 1.29 is 22.7 Å². The smallest absolute Gasteiger partial charge is 0.409 e. The number of ether oxygens (including phenoxy) is 1. The maximum absolute atomic E-state index is 13.5.